The van der Waals surface area contributed by atoms with Gasteiger partial charge >= 0.3 is 6.18 Å². The van der Waals surface area contributed by atoms with Crippen molar-refractivity contribution >= 4 is 23.6 Å². The molecule has 0 heterocycles. The number of benzene rings is 1. The molecule has 9 heteroatoms. The fraction of sp³-hybridized carbons (Fsp3) is 0.556. The van der Waals surface area contributed by atoms with Crippen molar-refractivity contribution in [2.24, 2.45) is 0 Å². The third-order valence-electron chi connectivity index (χ3n) is 3.89. The summed E-state index contributed by atoms with van der Waals surface area (Å²) in [5.41, 5.74) is -0.743. The second-order valence-electron chi connectivity index (χ2n) is 5.91. The highest BCUT2D eigenvalue weighted by atomic mass is 32.2. The SMILES string of the molecule is CCN(CC)CCNC(=O)C(CSc1cccc(C(F)(F)F)c1)NC(C)=O. The van der Waals surface area contributed by atoms with E-state index in [1.807, 2.05) is 13.8 Å². The molecule has 152 valence electrons. The van der Waals surface area contributed by atoms with Crippen molar-refractivity contribution in [2.75, 3.05) is 31.9 Å². The van der Waals surface area contributed by atoms with Crippen LogP contribution in [0.5, 0.6) is 0 Å². The van der Waals surface area contributed by atoms with Gasteiger partial charge in [-0.2, -0.15) is 13.2 Å². The zero-order valence-corrected chi connectivity index (χ0v) is 16.5. The number of rotatable bonds is 10. The van der Waals surface area contributed by atoms with Gasteiger partial charge < -0.3 is 15.5 Å². The molecule has 2 N–H and O–H groups in total. The Morgan fingerprint density at radius 1 is 1.22 bits per heavy atom. The molecular weight excluding hydrogens is 379 g/mol. The summed E-state index contributed by atoms with van der Waals surface area (Å²) < 4.78 is 38.4. The van der Waals surface area contributed by atoms with E-state index in [1.165, 1.54) is 13.0 Å². The largest absolute Gasteiger partial charge is 0.416 e. The molecule has 0 aliphatic carbocycles. The van der Waals surface area contributed by atoms with Gasteiger partial charge in [0.25, 0.3) is 0 Å². The normalized spacial score (nSPS) is 12.7. The summed E-state index contributed by atoms with van der Waals surface area (Å²) in [5.74, 6) is -0.585. The van der Waals surface area contributed by atoms with E-state index in [0.717, 1.165) is 37.0 Å². The Labute approximate surface area is 162 Å². The standard InChI is InChI=1S/C18H26F3N3O2S/c1-4-24(5-2)10-9-22-17(26)16(23-13(3)25)12-27-15-8-6-7-14(11-15)18(19,20)21/h6-8,11,16H,4-5,9-10,12H2,1-3H3,(H,22,26)(H,23,25). The topological polar surface area (TPSA) is 61.4 Å². The van der Waals surface area contributed by atoms with Gasteiger partial charge in [-0.3, -0.25) is 9.59 Å². The van der Waals surface area contributed by atoms with Crippen LogP contribution in [0.25, 0.3) is 0 Å². The maximum atomic E-state index is 12.8. The van der Waals surface area contributed by atoms with E-state index in [9.17, 15) is 22.8 Å². The number of amides is 2. The second kappa shape index (κ2) is 11.2. The first kappa shape index (κ1) is 23.3. The summed E-state index contributed by atoms with van der Waals surface area (Å²) in [5, 5.41) is 5.32. The van der Waals surface area contributed by atoms with Gasteiger partial charge in [-0.25, -0.2) is 0 Å². The molecule has 0 radical (unpaired) electrons. The lowest BCUT2D eigenvalue weighted by atomic mass is 10.2. The molecule has 1 aromatic carbocycles. The van der Waals surface area contributed by atoms with Crippen LogP contribution in [0.3, 0.4) is 0 Å². The molecule has 0 saturated heterocycles. The van der Waals surface area contributed by atoms with E-state index in [4.69, 9.17) is 0 Å². The molecule has 2 amide bonds. The average molecular weight is 405 g/mol. The van der Waals surface area contributed by atoms with E-state index in [1.54, 1.807) is 6.07 Å². The van der Waals surface area contributed by atoms with Gasteiger partial charge in [0.2, 0.25) is 11.8 Å². The molecule has 0 aromatic heterocycles. The third-order valence-corrected chi connectivity index (χ3v) is 4.98. The van der Waals surface area contributed by atoms with Crippen molar-refractivity contribution in [3.8, 4) is 0 Å². The highest BCUT2D eigenvalue weighted by molar-refractivity contribution is 7.99. The molecule has 0 bridgehead atoms. The fourth-order valence-corrected chi connectivity index (χ4v) is 3.35. The number of halogens is 3. The number of hydrogen-bond acceptors (Lipinski definition) is 4. The lowest BCUT2D eigenvalue weighted by Gasteiger charge is -2.21. The van der Waals surface area contributed by atoms with Gasteiger partial charge in [0, 0.05) is 30.7 Å². The lowest BCUT2D eigenvalue weighted by Crippen LogP contribution is -2.49. The van der Waals surface area contributed by atoms with E-state index in [2.05, 4.69) is 15.5 Å². The summed E-state index contributed by atoms with van der Waals surface area (Å²) in [6.07, 6.45) is -4.42. The Kier molecular flexibility index (Phi) is 9.65. The van der Waals surface area contributed by atoms with Gasteiger partial charge in [-0.1, -0.05) is 19.9 Å². The van der Waals surface area contributed by atoms with Crippen LogP contribution in [0.4, 0.5) is 13.2 Å². The van der Waals surface area contributed by atoms with Crippen molar-refractivity contribution < 1.29 is 22.8 Å². The van der Waals surface area contributed by atoms with Gasteiger partial charge in [-0.05, 0) is 31.3 Å². The quantitative estimate of drug-likeness (QED) is 0.588. The minimum Gasteiger partial charge on any atom is -0.353 e. The Hall–Kier alpha value is -1.74. The van der Waals surface area contributed by atoms with Crippen LogP contribution in [-0.4, -0.2) is 54.7 Å². The molecule has 1 unspecified atom stereocenters. The summed E-state index contributed by atoms with van der Waals surface area (Å²) in [4.78, 5) is 26.2. The molecule has 1 aromatic rings. The number of nitrogens with zero attached hydrogens (tertiary/aromatic N) is 1. The minimum atomic E-state index is -4.42. The van der Waals surface area contributed by atoms with Gasteiger partial charge in [-0.15, -0.1) is 11.8 Å². The summed E-state index contributed by atoms with van der Waals surface area (Å²) in [7, 11) is 0. The molecule has 1 rings (SSSR count). The number of thioether (sulfide) groups is 1. The summed E-state index contributed by atoms with van der Waals surface area (Å²) >= 11 is 1.09. The fourth-order valence-electron chi connectivity index (χ4n) is 2.37. The monoisotopic (exact) mass is 405 g/mol. The maximum Gasteiger partial charge on any atom is 0.416 e. The molecule has 5 nitrogen and oxygen atoms in total. The van der Waals surface area contributed by atoms with Crippen molar-refractivity contribution in [2.45, 2.75) is 37.9 Å². The van der Waals surface area contributed by atoms with Crippen molar-refractivity contribution in [3.05, 3.63) is 29.8 Å². The summed E-state index contributed by atoms with van der Waals surface area (Å²) in [6, 6.07) is 4.08. The smallest absolute Gasteiger partial charge is 0.353 e. The molecule has 0 spiro atoms. The van der Waals surface area contributed by atoms with Gasteiger partial charge in [0.05, 0.1) is 5.56 Å². The van der Waals surface area contributed by atoms with E-state index < -0.39 is 17.8 Å². The third kappa shape index (κ3) is 8.66. The molecule has 0 fully saturated rings. The molecule has 0 aliphatic rings. The number of carbonyl (C=O) groups excluding carboxylic acids is 2. The Balaban J connectivity index is 2.67. The van der Waals surface area contributed by atoms with Crippen molar-refractivity contribution in [1.29, 1.82) is 0 Å². The number of carbonyl (C=O) groups is 2. The first-order chi connectivity index (χ1) is 12.7. The Bertz CT molecular complexity index is 622. The predicted molar refractivity (Wildman–Crippen MR) is 101 cm³/mol. The molecule has 0 aliphatic heterocycles. The van der Waals surface area contributed by atoms with Crippen LogP contribution >= 0.6 is 11.8 Å². The van der Waals surface area contributed by atoms with Crippen molar-refractivity contribution in [1.82, 2.24) is 15.5 Å². The van der Waals surface area contributed by atoms with Crippen LogP contribution in [0, 0.1) is 0 Å². The van der Waals surface area contributed by atoms with Crippen LogP contribution in [-0.2, 0) is 15.8 Å². The Morgan fingerprint density at radius 2 is 1.89 bits per heavy atom. The van der Waals surface area contributed by atoms with Crippen LogP contribution in [0.1, 0.15) is 26.3 Å². The average Bonchev–Trinajstić information content (AvgIpc) is 2.61. The number of hydrogen-bond donors (Lipinski definition) is 2. The van der Waals surface area contributed by atoms with Gasteiger partial charge in [0.15, 0.2) is 0 Å². The first-order valence-corrected chi connectivity index (χ1v) is 9.73. The first-order valence-electron chi connectivity index (χ1n) is 8.74. The van der Waals surface area contributed by atoms with E-state index >= 15 is 0 Å². The predicted octanol–water partition coefficient (Wildman–Crippen LogP) is 2.76. The minimum absolute atomic E-state index is 0.137. The molecule has 1 atom stereocenters. The second-order valence-corrected chi connectivity index (χ2v) is 7.00. The number of nitrogens with one attached hydrogen (secondary N) is 2. The zero-order valence-electron chi connectivity index (χ0n) is 15.7. The van der Waals surface area contributed by atoms with Crippen molar-refractivity contribution in [3.63, 3.8) is 0 Å². The number of likely N-dealkylation sites (N-methyl/N-ethyl adjacent to an activating group) is 1. The van der Waals surface area contributed by atoms with E-state index in [-0.39, 0.29) is 17.6 Å². The highest BCUT2D eigenvalue weighted by Crippen LogP contribution is 2.32. The molecule has 27 heavy (non-hydrogen) atoms. The maximum absolute atomic E-state index is 12.8. The van der Waals surface area contributed by atoms with E-state index in [0.29, 0.717) is 18.0 Å². The molecule has 0 saturated carbocycles. The highest BCUT2D eigenvalue weighted by Gasteiger charge is 2.30. The summed E-state index contributed by atoms with van der Waals surface area (Å²) in [6.45, 7) is 8.20. The zero-order chi connectivity index (χ0) is 20.4. The van der Waals surface area contributed by atoms with Crippen LogP contribution < -0.4 is 10.6 Å². The van der Waals surface area contributed by atoms with Crippen LogP contribution in [0.15, 0.2) is 29.2 Å². The van der Waals surface area contributed by atoms with Gasteiger partial charge in [0.1, 0.15) is 6.04 Å². The van der Waals surface area contributed by atoms with Crippen LogP contribution in [0.2, 0.25) is 0 Å². The number of alkyl halides is 3. The Morgan fingerprint density at radius 3 is 2.44 bits per heavy atom. The molecular formula is C18H26F3N3O2S. The lowest BCUT2D eigenvalue weighted by molar-refractivity contribution is -0.137.